The summed E-state index contributed by atoms with van der Waals surface area (Å²) >= 11 is 1.17. The Bertz CT molecular complexity index is 1160. The number of sulfonamides is 1. The van der Waals surface area contributed by atoms with E-state index >= 15 is 0 Å². The SMILES string of the molecule is NS(=O)(=O)c1ccc(-c2ccc(-c3cccc4ncccc34)cc2)s1. The molecule has 2 heterocycles. The Morgan fingerprint density at radius 2 is 1.60 bits per heavy atom. The summed E-state index contributed by atoms with van der Waals surface area (Å²) in [5.74, 6) is 0. The first kappa shape index (κ1) is 16.0. The first-order valence-electron chi connectivity index (χ1n) is 7.59. The van der Waals surface area contributed by atoms with Crippen LogP contribution in [0.4, 0.5) is 0 Å². The Hall–Kier alpha value is -2.54. The zero-order valence-electron chi connectivity index (χ0n) is 13.1. The van der Waals surface area contributed by atoms with E-state index in [1.165, 1.54) is 11.3 Å². The van der Waals surface area contributed by atoms with Crippen molar-refractivity contribution in [1.82, 2.24) is 4.98 Å². The van der Waals surface area contributed by atoms with E-state index < -0.39 is 10.0 Å². The lowest BCUT2D eigenvalue weighted by molar-refractivity contribution is 0.600. The normalized spacial score (nSPS) is 11.7. The van der Waals surface area contributed by atoms with E-state index in [-0.39, 0.29) is 4.21 Å². The molecule has 4 nitrogen and oxygen atoms in total. The molecule has 2 aromatic carbocycles. The van der Waals surface area contributed by atoms with Crippen LogP contribution >= 0.6 is 11.3 Å². The lowest BCUT2D eigenvalue weighted by Crippen LogP contribution is -2.09. The molecule has 0 amide bonds. The Morgan fingerprint density at radius 3 is 2.32 bits per heavy atom. The third kappa shape index (κ3) is 3.07. The van der Waals surface area contributed by atoms with Gasteiger partial charge in [-0.1, -0.05) is 42.5 Å². The molecule has 0 radical (unpaired) electrons. The molecule has 6 heteroatoms. The molecule has 0 atom stereocenters. The number of rotatable bonds is 3. The summed E-state index contributed by atoms with van der Waals surface area (Å²) in [6.07, 6.45) is 1.79. The van der Waals surface area contributed by atoms with E-state index in [2.05, 4.69) is 17.1 Å². The van der Waals surface area contributed by atoms with E-state index in [9.17, 15) is 8.42 Å². The maximum Gasteiger partial charge on any atom is 0.247 e. The van der Waals surface area contributed by atoms with Crippen molar-refractivity contribution in [3.8, 4) is 21.6 Å². The van der Waals surface area contributed by atoms with Crippen molar-refractivity contribution in [3.63, 3.8) is 0 Å². The Balaban J connectivity index is 1.74. The van der Waals surface area contributed by atoms with Crippen molar-refractivity contribution in [2.24, 2.45) is 5.14 Å². The van der Waals surface area contributed by atoms with E-state index in [1.54, 1.807) is 18.3 Å². The zero-order chi connectivity index (χ0) is 17.4. The summed E-state index contributed by atoms with van der Waals surface area (Å²) in [5.41, 5.74) is 4.13. The number of thiophene rings is 1. The fourth-order valence-electron chi connectivity index (χ4n) is 2.80. The molecule has 0 saturated carbocycles. The second-order valence-corrected chi connectivity index (χ2v) is 8.49. The highest BCUT2D eigenvalue weighted by Gasteiger charge is 2.12. The van der Waals surface area contributed by atoms with Crippen LogP contribution in [0.1, 0.15) is 0 Å². The quantitative estimate of drug-likeness (QED) is 0.588. The topological polar surface area (TPSA) is 73.1 Å². The first-order valence-corrected chi connectivity index (χ1v) is 9.96. The molecule has 0 unspecified atom stereocenters. The van der Waals surface area contributed by atoms with Gasteiger partial charge < -0.3 is 0 Å². The van der Waals surface area contributed by atoms with Crippen LogP contribution < -0.4 is 5.14 Å². The van der Waals surface area contributed by atoms with Crippen LogP contribution in [-0.2, 0) is 10.0 Å². The lowest BCUT2D eigenvalue weighted by Gasteiger charge is -2.07. The molecule has 0 saturated heterocycles. The summed E-state index contributed by atoms with van der Waals surface area (Å²) in [5, 5.41) is 6.28. The van der Waals surface area contributed by atoms with Crippen LogP contribution in [0.15, 0.2) is 77.1 Å². The van der Waals surface area contributed by atoms with Crippen LogP contribution in [0.25, 0.3) is 32.5 Å². The molecule has 0 fully saturated rings. The third-order valence-corrected chi connectivity index (χ3v) is 6.56. The molecule has 4 rings (SSSR count). The van der Waals surface area contributed by atoms with Crippen LogP contribution in [0.3, 0.4) is 0 Å². The highest BCUT2D eigenvalue weighted by atomic mass is 32.2. The van der Waals surface area contributed by atoms with E-state index in [4.69, 9.17) is 5.14 Å². The number of hydrogen-bond donors (Lipinski definition) is 1. The van der Waals surface area contributed by atoms with Gasteiger partial charge in [0.2, 0.25) is 10.0 Å². The maximum atomic E-state index is 11.4. The molecule has 0 aliphatic carbocycles. The van der Waals surface area contributed by atoms with Gasteiger partial charge in [-0.15, -0.1) is 11.3 Å². The number of benzene rings is 2. The Labute approximate surface area is 149 Å². The summed E-state index contributed by atoms with van der Waals surface area (Å²) in [6, 6.07) is 21.4. The van der Waals surface area contributed by atoms with Gasteiger partial charge in [-0.25, -0.2) is 13.6 Å². The molecule has 0 spiro atoms. The van der Waals surface area contributed by atoms with Gasteiger partial charge in [-0.3, -0.25) is 4.98 Å². The Morgan fingerprint density at radius 1 is 0.840 bits per heavy atom. The highest BCUT2D eigenvalue weighted by molar-refractivity contribution is 7.91. The molecular weight excluding hydrogens is 352 g/mol. The van der Waals surface area contributed by atoms with Crippen molar-refractivity contribution < 1.29 is 8.42 Å². The molecule has 25 heavy (non-hydrogen) atoms. The van der Waals surface area contributed by atoms with E-state index in [0.29, 0.717) is 0 Å². The molecular formula is C19H14N2O2S2. The van der Waals surface area contributed by atoms with Crippen molar-refractivity contribution in [3.05, 3.63) is 72.9 Å². The summed E-state index contributed by atoms with van der Waals surface area (Å²) in [6.45, 7) is 0. The largest absolute Gasteiger partial charge is 0.256 e. The minimum atomic E-state index is -3.65. The van der Waals surface area contributed by atoms with Crippen LogP contribution in [0.5, 0.6) is 0 Å². The monoisotopic (exact) mass is 366 g/mol. The molecule has 124 valence electrons. The van der Waals surface area contributed by atoms with E-state index in [0.717, 1.165) is 32.5 Å². The summed E-state index contributed by atoms with van der Waals surface area (Å²) in [4.78, 5) is 5.26. The number of aromatic nitrogens is 1. The second kappa shape index (κ2) is 6.07. The first-order chi connectivity index (χ1) is 12.0. The number of nitrogens with two attached hydrogens (primary N) is 1. The zero-order valence-corrected chi connectivity index (χ0v) is 14.7. The standard InChI is InChI=1S/C19H14N2O2S2/c20-25(22,23)19-11-10-18(24-19)14-8-6-13(7-9-14)15-3-1-5-17-16(15)4-2-12-21-17/h1-12H,(H2,20,22,23). The fourth-order valence-corrected chi connectivity index (χ4v) is 4.53. The number of nitrogens with zero attached hydrogens (tertiary/aromatic N) is 1. The third-order valence-electron chi connectivity index (χ3n) is 3.99. The van der Waals surface area contributed by atoms with Gasteiger partial charge in [0.05, 0.1) is 5.52 Å². The van der Waals surface area contributed by atoms with Crippen molar-refractivity contribution >= 4 is 32.3 Å². The van der Waals surface area contributed by atoms with Crippen LogP contribution in [-0.4, -0.2) is 13.4 Å². The van der Waals surface area contributed by atoms with Crippen molar-refractivity contribution in [2.75, 3.05) is 0 Å². The minimum Gasteiger partial charge on any atom is -0.256 e. The number of primary sulfonamides is 1. The molecule has 0 aliphatic heterocycles. The predicted octanol–water partition coefficient (Wildman–Crippen LogP) is 4.28. The smallest absolute Gasteiger partial charge is 0.247 e. The maximum absolute atomic E-state index is 11.4. The molecule has 2 N–H and O–H groups in total. The summed E-state index contributed by atoms with van der Waals surface area (Å²) < 4.78 is 23.0. The van der Waals surface area contributed by atoms with Gasteiger partial charge in [-0.2, -0.15) is 0 Å². The number of fused-ring (bicyclic) bond motifs is 1. The predicted molar refractivity (Wildman–Crippen MR) is 102 cm³/mol. The second-order valence-electron chi connectivity index (χ2n) is 5.62. The molecule has 4 aromatic rings. The van der Waals surface area contributed by atoms with Crippen molar-refractivity contribution in [1.29, 1.82) is 0 Å². The van der Waals surface area contributed by atoms with Gasteiger partial charge in [-0.05, 0) is 41.0 Å². The molecule has 0 aliphatic rings. The Kier molecular flexibility index (Phi) is 3.88. The molecule has 0 bridgehead atoms. The molecule has 2 aromatic heterocycles. The lowest BCUT2D eigenvalue weighted by atomic mass is 9.99. The minimum absolute atomic E-state index is 0.173. The average Bonchev–Trinajstić information content (AvgIpc) is 3.12. The van der Waals surface area contributed by atoms with Gasteiger partial charge in [0, 0.05) is 16.5 Å². The van der Waals surface area contributed by atoms with Gasteiger partial charge in [0.15, 0.2) is 0 Å². The van der Waals surface area contributed by atoms with Gasteiger partial charge in [0.25, 0.3) is 0 Å². The average molecular weight is 366 g/mol. The van der Waals surface area contributed by atoms with Crippen molar-refractivity contribution in [2.45, 2.75) is 4.21 Å². The summed E-state index contributed by atoms with van der Waals surface area (Å²) in [7, 11) is -3.65. The highest BCUT2D eigenvalue weighted by Crippen LogP contribution is 2.33. The number of hydrogen-bond acceptors (Lipinski definition) is 4. The van der Waals surface area contributed by atoms with Crippen LogP contribution in [0.2, 0.25) is 0 Å². The fraction of sp³-hybridized carbons (Fsp3) is 0. The van der Waals surface area contributed by atoms with Crippen LogP contribution in [0, 0.1) is 0 Å². The van der Waals surface area contributed by atoms with E-state index in [1.807, 2.05) is 42.5 Å². The van der Waals surface area contributed by atoms with Gasteiger partial charge in [0.1, 0.15) is 4.21 Å². The van der Waals surface area contributed by atoms with Gasteiger partial charge >= 0.3 is 0 Å². The number of pyridine rings is 1.